The summed E-state index contributed by atoms with van der Waals surface area (Å²) >= 11 is 6.20. The average molecular weight is 360 g/mol. The van der Waals surface area contributed by atoms with E-state index in [9.17, 15) is 4.39 Å². The molecule has 25 heavy (non-hydrogen) atoms. The number of rotatable bonds is 8. The van der Waals surface area contributed by atoms with E-state index in [0.717, 1.165) is 37.1 Å². The van der Waals surface area contributed by atoms with Crippen LogP contribution in [0.15, 0.2) is 48.7 Å². The Bertz CT molecular complexity index is 844. The van der Waals surface area contributed by atoms with Gasteiger partial charge < -0.3 is 15.2 Å². The Balaban J connectivity index is 1.81. The minimum absolute atomic E-state index is 0.308. The molecule has 0 bridgehead atoms. The average Bonchev–Trinajstić information content (AvgIpc) is 2.95. The molecule has 0 aliphatic carbocycles. The van der Waals surface area contributed by atoms with Crippen molar-refractivity contribution >= 4 is 22.5 Å². The summed E-state index contributed by atoms with van der Waals surface area (Å²) in [5, 5.41) is 8.35. The molecule has 0 radical (unpaired) electrons. The van der Waals surface area contributed by atoms with Crippen LogP contribution in [0, 0.1) is 5.82 Å². The van der Waals surface area contributed by atoms with E-state index in [4.69, 9.17) is 11.6 Å². The summed E-state index contributed by atoms with van der Waals surface area (Å²) < 4.78 is 15.4. The van der Waals surface area contributed by atoms with Crippen LogP contribution in [0.1, 0.15) is 17.5 Å². The molecule has 1 heterocycles. The summed E-state index contributed by atoms with van der Waals surface area (Å²) in [6.07, 6.45) is 3.26. The first-order chi connectivity index (χ1) is 12.2. The van der Waals surface area contributed by atoms with E-state index in [0.29, 0.717) is 11.6 Å². The lowest BCUT2D eigenvalue weighted by Crippen LogP contribution is -2.19. The third-order valence-electron chi connectivity index (χ3n) is 4.32. The van der Waals surface area contributed by atoms with Crippen LogP contribution < -0.4 is 10.6 Å². The summed E-state index contributed by atoms with van der Waals surface area (Å²) in [7, 11) is 1.97. The lowest BCUT2D eigenvalue weighted by Gasteiger charge is -2.07. The molecule has 132 valence electrons. The number of nitrogens with one attached hydrogen (secondary N) is 2. The summed E-state index contributed by atoms with van der Waals surface area (Å²) in [6, 6.07) is 12.9. The number of nitrogens with zero attached hydrogens (tertiary/aromatic N) is 1. The lowest BCUT2D eigenvalue weighted by atomic mass is 10.2. The lowest BCUT2D eigenvalue weighted by molar-refractivity contribution is 0.624. The highest BCUT2D eigenvalue weighted by Gasteiger charge is 2.10. The maximum atomic E-state index is 13.3. The van der Waals surface area contributed by atoms with Gasteiger partial charge in [0.2, 0.25) is 0 Å². The van der Waals surface area contributed by atoms with Crippen molar-refractivity contribution in [1.82, 2.24) is 15.2 Å². The number of aromatic nitrogens is 1. The van der Waals surface area contributed by atoms with Crippen molar-refractivity contribution in [2.75, 3.05) is 20.1 Å². The maximum Gasteiger partial charge on any atom is 0.124 e. The molecule has 5 heteroatoms. The second kappa shape index (κ2) is 8.48. The van der Waals surface area contributed by atoms with Crippen molar-refractivity contribution in [1.29, 1.82) is 0 Å². The molecule has 0 fully saturated rings. The number of hydrogen-bond donors (Lipinski definition) is 2. The van der Waals surface area contributed by atoms with Crippen LogP contribution in [0.3, 0.4) is 0 Å². The number of hydrogen-bond acceptors (Lipinski definition) is 2. The Morgan fingerprint density at radius 2 is 1.92 bits per heavy atom. The van der Waals surface area contributed by atoms with E-state index in [2.05, 4.69) is 39.6 Å². The summed E-state index contributed by atoms with van der Waals surface area (Å²) in [5.74, 6) is -0.308. The van der Waals surface area contributed by atoms with Crippen molar-refractivity contribution < 1.29 is 4.39 Å². The van der Waals surface area contributed by atoms with E-state index in [1.807, 2.05) is 13.1 Å². The number of halogens is 2. The summed E-state index contributed by atoms with van der Waals surface area (Å²) in [4.78, 5) is 0. The molecule has 1 aromatic heterocycles. The van der Waals surface area contributed by atoms with Crippen molar-refractivity contribution in [3.63, 3.8) is 0 Å². The fourth-order valence-electron chi connectivity index (χ4n) is 3.04. The molecule has 0 amide bonds. The smallest absolute Gasteiger partial charge is 0.124 e. The molecule has 0 aliphatic heterocycles. The van der Waals surface area contributed by atoms with Gasteiger partial charge in [-0.15, -0.1) is 0 Å². The topological polar surface area (TPSA) is 29.0 Å². The van der Waals surface area contributed by atoms with Crippen LogP contribution in [0.25, 0.3) is 10.9 Å². The van der Waals surface area contributed by atoms with Gasteiger partial charge in [0.1, 0.15) is 5.82 Å². The zero-order chi connectivity index (χ0) is 17.6. The highest BCUT2D eigenvalue weighted by Crippen LogP contribution is 2.25. The Hall–Kier alpha value is -1.88. The fourth-order valence-corrected chi connectivity index (χ4v) is 3.27. The predicted octanol–water partition coefficient (Wildman–Crippen LogP) is 4.18. The van der Waals surface area contributed by atoms with Crippen LogP contribution in [0.5, 0.6) is 0 Å². The van der Waals surface area contributed by atoms with Crippen LogP contribution in [0.2, 0.25) is 5.02 Å². The van der Waals surface area contributed by atoms with Gasteiger partial charge in [-0.1, -0.05) is 35.9 Å². The Labute approximate surface area is 152 Å². The van der Waals surface area contributed by atoms with Gasteiger partial charge >= 0.3 is 0 Å². The van der Waals surface area contributed by atoms with E-state index in [1.165, 1.54) is 23.1 Å². The SMILES string of the molecule is CNCCCNCc1cn(Cc2ccc(F)cc2Cl)c2ccccc12. The number of benzene rings is 2. The van der Waals surface area contributed by atoms with Crippen LogP contribution >= 0.6 is 11.6 Å². The van der Waals surface area contributed by atoms with E-state index >= 15 is 0 Å². The van der Waals surface area contributed by atoms with Gasteiger partial charge in [-0.2, -0.15) is 0 Å². The molecule has 3 rings (SSSR count). The van der Waals surface area contributed by atoms with Crippen molar-refractivity contribution in [2.45, 2.75) is 19.5 Å². The van der Waals surface area contributed by atoms with Gasteiger partial charge in [-0.3, -0.25) is 0 Å². The second-order valence-electron chi connectivity index (χ2n) is 6.17. The minimum atomic E-state index is -0.308. The standard InChI is InChI=1S/C20H23ClFN3/c1-23-9-4-10-24-12-16-14-25(20-6-3-2-5-18(16)20)13-15-7-8-17(22)11-19(15)21/h2-3,5-8,11,14,23-24H,4,9-10,12-13H2,1H3. The highest BCUT2D eigenvalue weighted by molar-refractivity contribution is 6.31. The summed E-state index contributed by atoms with van der Waals surface area (Å²) in [6.45, 7) is 3.44. The molecule has 2 aromatic carbocycles. The molecular weight excluding hydrogens is 337 g/mol. The number of para-hydroxylation sites is 1. The molecule has 0 spiro atoms. The minimum Gasteiger partial charge on any atom is -0.343 e. The highest BCUT2D eigenvalue weighted by atomic mass is 35.5. The zero-order valence-electron chi connectivity index (χ0n) is 14.4. The van der Waals surface area contributed by atoms with Crippen LogP contribution in [-0.2, 0) is 13.1 Å². The van der Waals surface area contributed by atoms with E-state index in [-0.39, 0.29) is 5.82 Å². The van der Waals surface area contributed by atoms with Gasteiger partial charge in [-0.25, -0.2) is 4.39 Å². The van der Waals surface area contributed by atoms with Gasteiger partial charge in [0.25, 0.3) is 0 Å². The van der Waals surface area contributed by atoms with Crippen molar-refractivity contribution in [3.8, 4) is 0 Å². The monoisotopic (exact) mass is 359 g/mol. The summed E-state index contributed by atoms with van der Waals surface area (Å²) in [5.41, 5.74) is 3.34. The molecule has 0 saturated heterocycles. The van der Waals surface area contributed by atoms with Gasteiger partial charge in [0, 0.05) is 35.2 Å². The molecular formula is C20H23ClFN3. The third-order valence-corrected chi connectivity index (χ3v) is 4.67. The molecule has 0 unspecified atom stereocenters. The quantitative estimate of drug-likeness (QED) is 0.591. The molecule has 3 nitrogen and oxygen atoms in total. The van der Waals surface area contributed by atoms with E-state index < -0.39 is 0 Å². The van der Waals surface area contributed by atoms with Gasteiger partial charge in [0.05, 0.1) is 0 Å². The Morgan fingerprint density at radius 3 is 2.72 bits per heavy atom. The predicted molar refractivity (Wildman–Crippen MR) is 103 cm³/mol. The molecule has 3 aromatic rings. The molecule has 0 atom stereocenters. The second-order valence-corrected chi connectivity index (χ2v) is 6.58. The van der Waals surface area contributed by atoms with Crippen molar-refractivity contribution in [3.05, 3.63) is 70.6 Å². The Kier molecular flexibility index (Phi) is 6.08. The number of fused-ring (bicyclic) bond motifs is 1. The maximum absolute atomic E-state index is 13.3. The zero-order valence-corrected chi connectivity index (χ0v) is 15.1. The first kappa shape index (κ1) is 17.9. The van der Waals surface area contributed by atoms with E-state index in [1.54, 1.807) is 6.07 Å². The molecule has 2 N–H and O–H groups in total. The first-order valence-corrected chi connectivity index (χ1v) is 8.93. The van der Waals surface area contributed by atoms with Crippen molar-refractivity contribution in [2.24, 2.45) is 0 Å². The normalized spacial score (nSPS) is 11.3. The van der Waals surface area contributed by atoms with Gasteiger partial charge in [-0.05, 0) is 55.9 Å². The first-order valence-electron chi connectivity index (χ1n) is 8.55. The fraction of sp³-hybridized carbons (Fsp3) is 0.300. The van der Waals surface area contributed by atoms with Gasteiger partial charge in [0.15, 0.2) is 0 Å². The molecule has 0 saturated carbocycles. The third kappa shape index (κ3) is 4.40. The van der Waals surface area contributed by atoms with Crippen LogP contribution in [0.4, 0.5) is 4.39 Å². The van der Waals surface area contributed by atoms with Crippen LogP contribution in [-0.4, -0.2) is 24.7 Å². The Morgan fingerprint density at radius 1 is 1.08 bits per heavy atom. The molecule has 0 aliphatic rings. The largest absolute Gasteiger partial charge is 0.343 e.